The maximum Gasteiger partial charge on any atom is 0.393 e. The van der Waals surface area contributed by atoms with Crippen molar-refractivity contribution in [2.24, 2.45) is 0 Å². The van der Waals surface area contributed by atoms with Gasteiger partial charge in [0.05, 0.1) is 11.8 Å². The number of alkyl halides is 3. The van der Waals surface area contributed by atoms with Crippen LogP contribution in [-0.4, -0.2) is 83.2 Å². The third-order valence-corrected chi connectivity index (χ3v) is 8.16. The van der Waals surface area contributed by atoms with Crippen LogP contribution >= 0.6 is 11.3 Å². The summed E-state index contributed by atoms with van der Waals surface area (Å²) in [6, 6.07) is 10.9. The second-order valence-corrected chi connectivity index (χ2v) is 11.2. The Labute approximate surface area is 214 Å². The van der Waals surface area contributed by atoms with E-state index in [0.717, 1.165) is 76.5 Å². The quantitative estimate of drug-likeness (QED) is 0.493. The van der Waals surface area contributed by atoms with Gasteiger partial charge in [0, 0.05) is 63.3 Å². The first-order chi connectivity index (χ1) is 17.3. The first kappa shape index (κ1) is 25.4. The molecule has 4 heterocycles. The van der Waals surface area contributed by atoms with Crippen LogP contribution in [-0.2, 0) is 19.5 Å². The Bertz CT molecular complexity index is 1130. The van der Waals surface area contributed by atoms with E-state index in [9.17, 15) is 13.2 Å². The van der Waals surface area contributed by atoms with Crippen molar-refractivity contribution >= 4 is 27.4 Å². The van der Waals surface area contributed by atoms with Gasteiger partial charge in [0.2, 0.25) is 0 Å². The first-order valence-electron chi connectivity index (χ1n) is 12.6. The van der Waals surface area contributed by atoms with E-state index in [1.807, 2.05) is 0 Å². The maximum atomic E-state index is 12.8. The zero-order valence-corrected chi connectivity index (χ0v) is 21.4. The third-order valence-electron chi connectivity index (χ3n) is 7.11. The van der Waals surface area contributed by atoms with Crippen molar-refractivity contribution in [2.75, 3.05) is 51.6 Å². The van der Waals surface area contributed by atoms with Gasteiger partial charge in [-0.1, -0.05) is 24.3 Å². The van der Waals surface area contributed by atoms with E-state index >= 15 is 0 Å². The molecule has 2 aliphatic rings. The van der Waals surface area contributed by atoms with Gasteiger partial charge in [-0.05, 0) is 37.1 Å². The molecule has 0 unspecified atom stereocenters. The van der Waals surface area contributed by atoms with Crippen LogP contribution in [0.1, 0.15) is 28.8 Å². The second kappa shape index (κ2) is 11.0. The van der Waals surface area contributed by atoms with E-state index in [4.69, 9.17) is 0 Å². The van der Waals surface area contributed by atoms with Crippen molar-refractivity contribution in [2.45, 2.75) is 44.6 Å². The lowest BCUT2D eigenvalue weighted by Crippen LogP contribution is -2.43. The number of anilines is 1. The third kappa shape index (κ3) is 6.73. The number of piperazine rings is 1. The van der Waals surface area contributed by atoms with E-state index in [1.54, 1.807) is 6.07 Å². The van der Waals surface area contributed by atoms with Gasteiger partial charge in [-0.15, -0.1) is 11.3 Å². The minimum Gasteiger partial charge on any atom is -0.367 e. The molecule has 0 aliphatic carbocycles. The molecule has 0 saturated carbocycles. The largest absolute Gasteiger partial charge is 0.393 e. The van der Waals surface area contributed by atoms with Crippen LogP contribution in [0, 0.1) is 0 Å². The van der Waals surface area contributed by atoms with Crippen LogP contribution < -0.4 is 5.32 Å². The molecule has 0 radical (unpaired) electrons. The molecule has 36 heavy (non-hydrogen) atoms. The van der Waals surface area contributed by atoms with Crippen LogP contribution in [0.4, 0.5) is 19.0 Å². The fraction of sp³-hybridized carbons (Fsp3) is 0.538. The van der Waals surface area contributed by atoms with Crippen LogP contribution in [0.15, 0.2) is 36.7 Å². The van der Waals surface area contributed by atoms with Crippen molar-refractivity contribution < 1.29 is 13.2 Å². The molecule has 2 fully saturated rings. The minimum absolute atomic E-state index is 0.247. The number of benzene rings is 1. The van der Waals surface area contributed by atoms with E-state index in [0.29, 0.717) is 16.0 Å². The molecule has 1 aromatic carbocycles. The second-order valence-electron chi connectivity index (χ2n) is 10.0. The number of rotatable bonds is 7. The summed E-state index contributed by atoms with van der Waals surface area (Å²) in [7, 11) is 2.18. The van der Waals surface area contributed by atoms with Crippen LogP contribution in [0.2, 0.25) is 0 Å². The number of likely N-dealkylation sites (tertiary alicyclic amines) is 1. The zero-order valence-electron chi connectivity index (χ0n) is 20.6. The average Bonchev–Trinajstić information content (AvgIpc) is 3.25. The number of hydrogen-bond acceptors (Lipinski definition) is 7. The fourth-order valence-corrected chi connectivity index (χ4v) is 6.03. The fourth-order valence-electron chi connectivity index (χ4n) is 5.01. The Kier molecular flexibility index (Phi) is 7.76. The monoisotopic (exact) mass is 518 g/mol. The summed E-state index contributed by atoms with van der Waals surface area (Å²) in [4.78, 5) is 16.7. The number of hydrogen-bond donors (Lipinski definition) is 1. The van der Waals surface area contributed by atoms with Gasteiger partial charge in [-0.25, -0.2) is 9.97 Å². The number of halogens is 3. The molecule has 6 nitrogen and oxygen atoms in total. The van der Waals surface area contributed by atoms with Gasteiger partial charge in [0.15, 0.2) is 0 Å². The Hall–Kier alpha value is -2.27. The summed E-state index contributed by atoms with van der Waals surface area (Å²) in [5.74, 6) is 0.638. The highest BCUT2D eigenvalue weighted by atomic mass is 32.1. The Morgan fingerprint density at radius 1 is 0.917 bits per heavy atom. The Balaban J connectivity index is 1.11. The SMILES string of the molecule is CN1CCN(Cc2ccc(CN3CCC(Nc4ncnc5sc(CC(F)(F)F)cc45)CC3)cc2)CC1. The molecule has 5 rings (SSSR count). The first-order valence-corrected chi connectivity index (χ1v) is 13.4. The van der Waals surface area contributed by atoms with Gasteiger partial charge in [0.1, 0.15) is 17.0 Å². The summed E-state index contributed by atoms with van der Waals surface area (Å²) in [5.41, 5.74) is 2.70. The molecule has 2 aromatic heterocycles. The molecule has 0 spiro atoms. The van der Waals surface area contributed by atoms with Crippen molar-refractivity contribution in [3.05, 3.63) is 52.7 Å². The van der Waals surface area contributed by atoms with Crippen molar-refractivity contribution in [1.82, 2.24) is 24.7 Å². The molecule has 10 heteroatoms. The molecule has 0 bridgehead atoms. The Morgan fingerprint density at radius 3 is 2.14 bits per heavy atom. The van der Waals surface area contributed by atoms with E-state index in [1.165, 1.54) is 17.5 Å². The number of nitrogens with one attached hydrogen (secondary N) is 1. The standard InChI is InChI=1S/C26H33F3N6S/c1-33-10-12-35(13-11-33)17-20-4-2-19(3-5-20)16-34-8-6-21(7-9-34)32-24-23-14-22(15-26(27,28)29)36-25(23)31-18-30-24/h2-5,14,18,21H,6-13,15-17H2,1H3,(H,30,31,32). The summed E-state index contributed by atoms with van der Waals surface area (Å²) in [6.07, 6.45) is -1.79. The lowest BCUT2D eigenvalue weighted by atomic mass is 10.0. The number of likely N-dealkylation sites (N-methyl/N-ethyl adjacent to an activating group) is 1. The van der Waals surface area contributed by atoms with Crippen molar-refractivity contribution in [3.63, 3.8) is 0 Å². The van der Waals surface area contributed by atoms with Gasteiger partial charge in [0.25, 0.3) is 0 Å². The van der Waals surface area contributed by atoms with Gasteiger partial charge in [-0.2, -0.15) is 13.2 Å². The molecular formula is C26H33F3N6S. The minimum atomic E-state index is -4.22. The topological polar surface area (TPSA) is 47.5 Å². The van der Waals surface area contributed by atoms with Crippen LogP contribution in [0.5, 0.6) is 0 Å². The van der Waals surface area contributed by atoms with Gasteiger partial charge in [-0.3, -0.25) is 9.80 Å². The lowest BCUT2D eigenvalue weighted by Gasteiger charge is -2.33. The maximum absolute atomic E-state index is 12.8. The molecular weight excluding hydrogens is 485 g/mol. The number of fused-ring (bicyclic) bond motifs is 1. The van der Waals surface area contributed by atoms with Crippen LogP contribution in [0.25, 0.3) is 10.2 Å². The molecule has 1 N–H and O–H groups in total. The smallest absolute Gasteiger partial charge is 0.367 e. The molecule has 2 aliphatic heterocycles. The molecule has 0 atom stereocenters. The van der Waals surface area contributed by atoms with E-state index in [2.05, 4.69) is 61.3 Å². The summed E-state index contributed by atoms with van der Waals surface area (Å²) < 4.78 is 38.4. The van der Waals surface area contributed by atoms with Gasteiger partial charge < -0.3 is 10.2 Å². The van der Waals surface area contributed by atoms with E-state index in [-0.39, 0.29) is 10.9 Å². The number of thiophene rings is 1. The molecule has 194 valence electrons. The highest BCUT2D eigenvalue weighted by molar-refractivity contribution is 7.18. The normalized spacial score (nSPS) is 19.2. The van der Waals surface area contributed by atoms with Crippen LogP contribution in [0.3, 0.4) is 0 Å². The number of aromatic nitrogens is 2. The summed E-state index contributed by atoms with van der Waals surface area (Å²) >= 11 is 1.09. The predicted octanol–water partition coefficient (Wildman–Crippen LogP) is 4.62. The van der Waals surface area contributed by atoms with Crippen molar-refractivity contribution in [1.29, 1.82) is 0 Å². The average molecular weight is 519 g/mol. The highest BCUT2D eigenvalue weighted by Gasteiger charge is 2.29. The molecule has 3 aromatic rings. The zero-order chi connectivity index (χ0) is 25.1. The Morgan fingerprint density at radius 2 is 1.53 bits per heavy atom. The number of nitrogens with zero attached hydrogens (tertiary/aromatic N) is 5. The van der Waals surface area contributed by atoms with E-state index < -0.39 is 12.6 Å². The lowest BCUT2D eigenvalue weighted by molar-refractivity contribution is -0.126. The summed E-state index contributed by atoms with van der Waals surface area (Å²) in [5, 5.41) is 4.15. The predicted molar refractivity (Wildman–Crippen MR) is 138 cm³/mol. The summed E-state index contributed by atoms with van der Waals surface area (Å²) in [6.45, 7) is 8.42. The number of piperidine rings is 1. The van der Waals surface area contributed by atoms with Crippen molar-refractivity contribution in [3.8, 4) is 0 Å². The molecule has 0 amide bonds. The molecule has 2 saturated heterocycles. The highest BCUT2D eigenvalue weighted by Crippen LogP contribution is 2.33. The van der Waals surface area contributed by atoms with Gasteiger partial charge >= 0.3 is 6.18 Å².